The number of hydrogen-bond acceptors (Lipinski definition) is 4. The summed E-state index contributed by atoms with van der Waals surface area (Å²) in [5.74, 6) is 0.541. The fourth-order valence-corrected chi connectivity index (χ4v) is 2.82. The van der Waals surface area contributed by atoms with E-state index in [2.05, 4.69) is 10.3 Å². The number of anilines is 2. The first-order chi connectivity index (χ1) is 9.24. The van der Waals surface area contributed by atoms with Crippen molar-refractivity contribution >= 4 is 22.3 Å². The quantitative estimate of drug-likeness (QED) is 0.738. The predicted octanol–water partition coefficient (Wildman–Crippen LogP) is 2.39. The molecule has 19 heavy (non-hydrogen) atoms. The lowest BCUT2D eigenvalue weighted by molar-refractivity contribution is 0.178. The van der Waals surface area contributed by atoms with Gasteiger partial charge in [-0.25, -0.2) is 0 Å². The Balaban J connectivity index is 1.76. The Morgan fingerprint density at radius 2 is 2.21 bits per heavy atom. The Hall–Kier alpha value is -1.81. The van der Waals surface area contributed by atoms with Gasteiger partial charge in [0.2, 0.25) is 0 Å². The molecule has 1 aromatic carbocycles. The second-order valence-corrected chi connectivity index (χ2v) is 5.31. The third-order valence-corrected chi connectivity index (χ3v) is 3.92. The van der Waals surface area contributed by atoms with Crippen molar-refractivity contribution in [3.05, 3.63) is 30.5 Å². The Morgan fingerprint density at radius 3 is 3.00 bits per heavy atom. The molecule has 2 aromatic rings. The molecule has 0 amide bonds. The van der Waals surface area contributed by atoms with Crippen molar-refractivity contribution in [1.29, 1.82) is 0 Å². The van der Waals surface area contributed by atoms with Crippen LogP contribution >= 0.6 is 0 Å². The molecular formula is C15H19N3O. The van der Waals surface area contributed by atoms with Crippen molar-refractivity contribution in [2.75, 3.05) is 17.6 Å². The van der Waals surface area contributed by atoms with Crippen LogP contribution in [0.2, 0.25) is 0 Å². The molecule has 0 radical (unpaired) electrons. The van der Waals surface area contributed by atoms with Gasteiger partial charge >= 0.3 is 0 Å². The molecule has 0 spiro atoms. The number of aromatic nitrogens is 1. The van der Waals surface area contributed by atoms with Gasteiger partial charge in [0.25, 0.3) is 0 Å². The molecule has 1 saturated carbocycles. The largest absolute Gasteiger partial charge is 0.397 e. The van der Waals surface area contributed by atoms with Gasteiger partial charge in [-0.3, -0.25) is 4.98 Å². The number of nitrogens with one attached hydrogen (secondary N) is 1. The highest BCUT2D eigenvalue weighted by Crippen LogP contribution is 2.30. The lowest BCUT2D eigenvalue weighted by Crippen LogP contribution is -2.13. The standard InChI is InChI=1S/C15H19N3O/c16-15-12-2-1-7-17-13(12)5-6-14(15)18-9-10-3-4-11(19)8-10/h1-2,5-7,10-11,18-19H,3-4,8-9,16H2. The first-order valence-corrected chi connectivity index (χ1v) is 6.79. The van der Waals surface area contributed by atoms with Gasteiger partial charge in [0, 0.05) is 18.1 Å². The Kier molecular flexibility index (Phi) is 3.25. The fraction of sp³-hybridized carbons (Fsp3) is 0.400. The SMILES string of the molecule is Nc1c(NCC2CCC(O)C2)ccc2ncccc12. The molecule has 1 aliphatic carbocycles. The number of pyridine rings is 1. The third kappa shape index (κ3) is 2.49. The summed E-state index contributed by atoms with van der Waals surface area (Å²) in [6.07, 6.45) is 4.55. The van der Waals surface area contributed by atoms with E-state index in [0.717, 1.165) is 48.1 Å². The molecule has 2 atom stereocenters. The number of aliphatic hydroxyl groups excluding tert-OH is 1. The van der Waals surface area contributed by atoms with Crippen molar-refractivity contribution in [3.63, 3.8) is 0 Å². The van der Waals surface area contributed by atoms with Gasteiger partial charge < -0.3 is 16.2 Å². The topological polar surface area (TPSA) is 71.2 Å². The van der Waals surface area contributed by atoms with E-state index in [0.29, 0.717) is 5.92 Å². The van der Waals surface area contributed by atoms with Crippen LogP contribution in [0.25, 0.3) is 10.9 Å². The third-order valence-electron chi connectivity index (χ3n) is 3.92. The number of rotatable bonds is 3. The van der Waals surface area contributed by atoms with Gasteiger partial charge in [0.1, 0.15) is 0 Å². The first-order valence-electron chi connectivity index (χ1n) is 6.79. The maximum atomic E-state index is 9.53. The summed E-state index contributed by atoms with van der Waals surface area (Å²) < 4.78 is 0. The lowest BCUT2D eigenvalue weighted by Gasteiger charge is -2.14. The molecule has 4 nitrogen and oxygen atoms in total. The van der Waals surface area contributed by atoms with Gasteiger partial charge in [-0.1, -0.05) is 0 Å². The van der Waals surface area contributed by atoms with E-state index in [1.165, 1.54) is 0 Å². The van der Waals surface area contributed by atoms with Crippen LogP contribution in [0.3, 0.4) is 0 Å². The summed E-state index contributed by atoms with van der Waals surface area (Å²) in [4.78, 5) is 4.29. The van der Waals surface area contributed by atoms with E-state index < -0.39 is 0 Å². The van der Waals surface area contributed by atoms with Gasteiger partial charge in [-0.05, 0) is 49.4 Å². The van der Waals surface area contributed by atoms with Crippen molar-refractivity contribution in [2.45, 2.75) is 25.4 Å². The summed E-state index contributed by atoms with van der Waals surface area (Å²) in [5.41, 5.74) is 8.81. The predicted molar refractivity (Wildman–Crippen MR) is 78.0 cm³/mol. The summed E-state index contributed by atoms with van der Waals surface area (Å²) in [6, 6.07) is 7.85. The highest BCUT2D eigenvalue weighted by Gasteiger charge is 2.22. The molecule has 100 valence electrons. The van der Waals surface area contributed by atoms with Crippen LogP contribution in [0.1, 0.15) is 19.3 Å². The number of nitrogens with two attached hydrogens (primary N) is 1. The minimum atomic E-state index is -0.120. The molecular weight excluding hydrogens is 238 g/mol. The van der Waals surface area contributed by atoms with E-state index in [4.69, 9.17) is 5.73 Å². The van der Waals surface area contributed by atoms with Crippen molar-refractivity contribution < 1.29 is 5.11 Å². The maximum absolute atomic E-state index is 9.53. The maximum Gasteiger partial charge on any atom is 0.0724 e. The van der Waals surface area contributed by atoms with Crippen LogP contribution in [0.15, 0.2) is 30.5 Å². The Labute approximate surface area is 112 Å². The minimum Gasteiger partial charge on any atom is -0.397 e. The molecule has 4 N–H and O–H groups in total. The van der Waals surface area contributed by atoms with Crippen molar-refractivity contribution in [2.24, 2.45) is 5.92 Å². The van der Waals surface area contributed by atoms with Gasteiger partial charge in [0.05, 0.1) is 23.0 Å². The fourth-order valence-electron chi connectivity index (χ4n) is 2.82. The second kappa shape index (κ2) is 5.05. The highest BCUT2D eigenvalue weighted by atomic mass is 16.3. The average Bonchev–Trinajstić information content (AvgIpc) is 2.84. The molecule has 1 aliphatic rings. The van der Waals surface area contributed by atoms with Crippen LogP contribution in [0.5, 0.6) is 0 Å². The van der Waals surface area contributed by atoms with Gasteiger partial charge in [-0.15, -0.1) is 0 Å². The Bertz CT molecular complexity index is 585. The van der Waals surface area contributed by atoms with Crippen molar-refractivity contribution in [3.8, 4) is 0 Å². The number of benzene rings is 1. The summed E-state index contributed by atoms with van der Waals surface area (Å²) in [6.45, 7) is 0.868. The molecule has 1 aromatic heterocycles. The minimum absolute atomic E-state index is 0.120. The summed E-state index contributed by atoms with van der Waals surface area (Å²) in [7, 11) is 0. The molecule has 0 saturated heterocycles. The molecule has 0 aliphatic heterocycles. The summed E-state index contributed by atoms with van der Waals surface area (Å²) in [5, 5.41) is 13.9. The van der Waals surface area contributed by atoms with Crippen LogP contribution in [0, 0.1) is 5.92 Å². The number of aliphatic hydroxyl groups is 1. The number of nitrogens with zero attached hydrogens (tertiary/aromatic N) is 1. The monoisotopic (exact) mass is 257 g/mol. The number of hydrogen-bond donors (Lipinski definition) is 3. The van der Waals surface area contributed by atoms with Gasteiger partial charge in [-0.2, -0.15) is 0 Å². The lowest BCUT2D eigenvalue weighted by atomic mass is 10.1. The zero-order chi connectivity index (χ0) is 13.2. The van der Waals surface area contributed by atoms with Crippen LogP contribution < -0.4 is 11.1 Å². The van der Waals surface area contributed by atoms with Crippen LogP contribution in [-0.2, 0) is 0 Å². The molecule has 1 heterocycles. The highest BCUT2D eigenvalue weighted by molar-refractivity contribution is 5.96. The van der Waals surface area contributed by atoms with Crippen LogP contribution in [-0.4, -0.2) is 22.7 Å². The first kappa shape index (κ1) is 12.2. The van der Waals surface area contributed by atoms with E-state index in [-0.39, 0.29) is 6.10 Å². The zero-order valence-electron chi connectivity index (χ0n) is 10.8. The molecule has 1 fully saturated rings. The van der Waals surface area contributed by atoms with Gasteiger partial charge in [0.15, 0.2) is 0 Å². The van der Waals surface area contributed by atoms with E-state index in [9.17, 15) is 5.11 Å². The molecule has 3 rings (SSSR count). The molecule has 0 bridgehead atoms. The smallest absolute Gasteiger partial charge is 0.0724 e. The van der Waals surface area contributed by atoms with Crippen LogP contribution in [0.4, 0.5) is 11.4 Å². The van der Waals surface area contributed by atoms with E-state index >= 15 is 0 Å². The normalized spacial score (nSPS) is 22.8. The second-order valence-electron chi connectivity index (χ2n) is 5.31. The van der Waals surface area contributed by atoms with Crippen molar-refractivity contribution in [1.82, 2.24) is 4.98 Å². The molecule has 2 unspecified atom stereocenters. The van der Waals surface area contributed by atoms with E-state index in [1.54, 1.807) is 6.20 Å². The zero-order valence-corrected chi connectivity index (χ0v) is 10.8. The average molecular weight is 257 g/mol. The Morgan fingerprint density at radius 1 is 1.32 bits per heavy atom. The number of nitrogen functional groups attached to an aromatic ring is 1. The summed E-state index contributed by atoms with van der Waals surface area (Å²) >= 11 is 0. The van der Waals surface area contributed by atoms with E-state index in [1.807, 2.05) is 24.3 Å². The number of fused-ring (bicyclic) bond motifs is 1. The molecule has 4 heteroatoms.